The summed E-state index contributed by atoms with van der Waals surface area (Å²) in [6, 6.07) is 13.8. The van der Waals surface area contributed by atoms with E-state index in [1.165, 1.54) is 12.1 Å². The van der Waals surface area contributed by atoms with E-state index in [9.17, 15) is 9.18 Å². The first kappa shape index (κ1) is 20.8. The van der Waals surface area contributed by atoms with Crippen LogP contribution in [0.3, 0.4) is 0 Å². The van der Waals surface area contributed by atoms with Gasteiger partial charge in [0.25, 0.3) is 0 Å². The highest BCUT2D eigenvalue weighted by Gasteiger charge is 2.42. The molecule has 0 unspecified atom stereocenters. The van der Waals surface area contributed by atoms with E-state index < -0.39 is 11.7 Å². The quantitative estimate of drug-likeness (QED) is 0.448. The Bertz CT molecular complexity index is 1070. The van der Waals surface area contributed by atoms with E-state index in [4.69, 9.17) is 9.15 Å². The Kier molecular flexibility index (Phi) is 5.63. The van der Waals surface area contributed by atoms with Crippen LogP contribution in [0, 0.1) is 12.7 Å². The summed E-state index contributed by atoms with van der Waals surface area (Å²) in [4.78, 5) is 19.0. The molecule has 1 amide bonds. The molecule has 31 heavy (non-hydrogen) atoms. The van der Waals surface area contributed by atoms with Crippen molar-refractivity contribution < 1.29 is 18.3 Å². The predicted molar refractivity (Wildman–Crippen MR) is 116 cm³/mol. The predicted octanol–water partition coefficient (Wildman–Crippen LogP) is 6.16. The standard InChI is InChI=1S/C25H25FN2O3/c1-4-13-25(21-9-11-22(26)12-10-21)14-15-28(24(29)31-25)18(3)19-5-7-20(8-6-19)23-27-16-17(2)30-23/h4-12,16,18H,1,13-15H2,2-3H3/t18-,25+/m0/s1. The number of halogens is 1. The van der Waals surface area contributed by atoms with Crippen molar-refractivity contribution in [3.8, 4) is 11.5 Å². The third kappa shape index (κ3) is 4.10. The molecule has 0 radical (unpaired) electrons. The highest BCUT2D eigenvalue weighted by atomic mass is 19.1. The summed E-state index contributed by atoms with van der Waals surface area (Å²) in [6.07, 6.45) is 4.09. The summed E-state index contributed by atoms with van der Waals surface area (Å²) >= 11 is 0. The summed E-state index contributed by atoms with van der Waals surface area (Å²) in [5.41, 5.74) is 1.82. The van der Waals surface area contributed by atoms with Gasteiger partial charge < -0.3 is 14.1 Å². The molecule has 4 rings (SSSR count). The molecule has 1 saturated heterocycles. The van der Waals surface area contributed by atoms with Gasteiger partial charge in [-0.05, 0) is 49.2 Å². The van der Waals surface area contributed by atoms with Crippen LogP contribution >= 0.6 is 0 Å². The average molecular weight is 420 g/mol. The number of aryl methyl sites for hydroxylation is 1. The van der Waals surface area contributed by atoms with Crippen molar-refractivity contribution in [3.05, 3.63) is 90.1 Å². The molecule has 1 fully saturated rings. The van der Waals surface area contributed by atoms with Crippen LogP contribution in [-0.4, -0.2) is 22.5 Å². The lowest BCUT2D eigenvalue weighted by molar-refractivity contribution is -0.0588. The number of hydrogen-bond acceptors (Lipinski definition) is 4. The fraction of sp³-hybridized carbons (Fsp3) is 0.280. The maximum Gasteiger partial charge on any atom is 0.411 e. The van der Waals surface area contributed by atoms with E-state index in [1.807, 2.05) is 38.1 Å². The summed E-state index contributed by atoms with van der Waals surface area (Å²) in [5, 5.41) is 0. The number of oxazole rings is 1. The fourth-order valence-electron chi connectivity index (χ4n) is 4.04. The van der Waals surface area contributed by atoms with Gasteiger partial charge in [0.1, 0.15) is 17.2 Å². The normalized spacial score (nSPS) is 19.7. The molecule has 0 aliphatic carbocycles. The van der Waals surface area contributed by atoms with Gasteiger partial charge in [-0.3, -0.25) is 0 Å². The van der Waals surface area contributed by atoms with Crippen molar-refractivity contribution in [3.63, 3.8) is 0 Å². The Morgan fingerprint density at radius 1 is 1.23 bits per heavy atom. The molecule has 1 aromatic heterocycles. The second-order valence-electron chi connectivity index (χ2n) is 7.88. The first-order valence-corrected chi connectivity index (χ1v) is 10.3. The number of cyclic esters (lactones) is 1. The van der Waals surface area contributed by atoms with Crippen LogP contribution in [0.2, 0.25) is 0 Å². The zero-order valence-corrected chi connectivity index (χ0v) is 17.7. The van der Waals surface area contributed by atoms with Crippen molar-refractivity contribution in [2.24, 2.45) is 0 Å². The van der Waals surface area contributed by atoms with E-state index in [1.54, 1.807) is 29.3 Å². The van der Waals surface area contributed by atoms with Gasteiger partial charge in [-0.25, -0.2) is 14.2 Å². The second kappa shape index (κ2) is 8.38. The van der Waals surface area contributed by atoms with Gasteiger partial charge in [-0.15, -0.1) is 6.58 Å². The first-order chi connectivity index (χ1) is 14.9. The summed E-state index contributed by atoms with van der Waals surface area (Å²) in [5.74, 6) is 1.01. The molecular weight excluding hydrogens is 395 g/mol. The number of carbonyl (C=O) groups is 1. The third-order valence-corrected chi connectivity index (χ3v) is 5.85. The molecule has 3 aromatic rings. The smallest absolute Gasteiger partial charge is 0.411 e. The Hall–Kier alpha value is -3.41. The fourth-order valence-corrected chi connectivity index (χ4v) is 4.04. The zero-order chi connectivity index (χ0) is 22.0. The highest BCUT2D eigenvalue weighted by molar-refractivity contribution is 5.70. The van der Waals surface area contributed by atoms with Crippen LogP contribution in [0.4, 0.5) is 9.18 Å². The molecule has 0 spiro atoms. The Morgan fingerprint density at radius 2 is 1.94 bits per heavy atom. The second-order valence-corrected chi connectivity index (χ2v) is 7.88. The molecule has 1 aliphatic rings. The average Bonchev–Trinajstić information content (AvgIpc) is 3.20. The number of benzene rings is 2. The van der Waals surface area contributed by atoms with Crippen LogP contribution in [0.15, 0.2) is 71.8 Å². The third-order valence-electron chi connectivity index (χ3n) is 5.85. The Morgan fingerprint density at radius 3 is 2.52 bits per heavy atom. The number of amides is 1. The molecule has 5 nitrogen and oxygen atoms in total. The van der Waals surface area contributed by atoms with Gasteiger partial charge in [-0.2, -0.15) is 0 Å². The van der Waals surface area contributed by atoms with Crippen LogP contribution < -0.4 is 0 Å². The maximum absolute atomic E-state index is 13.4. The largest absolute Gasteiger partial charge is 0.441 e. The van der Waals surface area contributed by atoms with E-state index in [0.717, 1.165) is 22.5 Å². The lowest BCUT2D eigenvalue weighted by Crippen LogP contribution is -2.48. The number of aromatic nitrogens is 1. The Labute approximate surface area is 181 Å². The van der Waals surface area contributed by atoms with Crippen molar-refractivity contribution in [1.82, 2.24) is 9.88 Å². The van der Waals surface area contributed by atoms with Crippen LogP contribution in [0.1, 0.15) is 42.7 Å². The van der Waals surface area contributed by atoms with E-state index in [2.05, 4.69) is 11.6 Å². The van der Waals surface area contributed by atoms with Gasteiger partial charge in [0.15, 0.2) is 0 Å². The summed E-state index contributed by atoms with van der Waals surface area (Å²) < 4.78 is 24.9. The molecular formula is C25H25FN2O3. The van der Waals surface area contributed by atoms with Gasteiger partial charge in [-0.1, -0.05) is 30.3 Å². The van der Waals surface area contributed by atoms with E-state index in [0.29, 0.717) is 25.3 Å². The molecule has 0 bridgehead atoms. The molecule has 1 aliphatic heterocycles. The molecule has 160 valence electrons. The van der Waals surface area contributed by atoms with Crippen LogP contribution in [0.5, 0.6) is 0 Å². The minimum atomic E-state index is -0.824. The van der Waals surface area contributed by atoms with Crippen molar-refractivity contribution in [2.45, 2.75) is 38.3 Å². The molecule has 2 aromatic carbocycles. The monoisotopic (exact) mass is 420 g/mol. The van der Waals surface area contributed by atoms with Gasteiger partial charge >= 0.3 is 6.09 Å². The molecule has 2 atom stereocenters. The number of rotatable bonds is 6. The molecule has 2 heterocycles. The topological polar surface area (TPSA) is 55.6 Å². The highest BCUT2D eigenvalue weighted by Crippen LogP contribution is 2.40. The Balaban J connectivity index is 1.51. The molecule has 0 saturated carbocycles. The number of carbonyl (C=O) groups excluding carboxylic acids is 1. The minimum Gasteiger partial charge on any atom is -0.441 e. The van der Waals surface area contributed by atoms with Gasteiger partial charge in [0.05, 0.1) is 12.2 Å². The number of ether oxygens (including phenoxy) is 1. The maximum atomic E-state index is 13.4. The van der Waals surface area contributed by atoms with Crippen LogP contribution in [0.25, 0.3) is 11.5 Å². The lowest BCUT2D eigenvalue weighted by Gasteiger charge is -2.43. The van der Waals surface area contributed by atoms with Gasteiger partial charge in [0, 0.05) is 24.9 Å². The van der Waals surface area contributed by atoms with E-state index in [-0.39, 0.29) is 11.9 Å². The summed E-state index contributed by atoms with van der Waals surface area (Å²) in [6.45, 7) is 8.16. The molecule has 0 N–H and O–H groups in total. The van der Waals surface area contributed by atoms with Crippen molar-refractivity contribution in [2.75, 3.05) is 6.54 Å². The summed E-state index contributed by atoms with van der Waals surface area (Å²) in [7, 11) is 0. The number of nitrogens with zero attached hydrogens (tertiary/aromatic N) is 2. The zero-order valence-electron chi connectivity index (χ0n) is 17.7. The molecule has 6 heteroatoms. The number of hydrogen-bond donors (Lipinski definition) is 0. The first-order valence-electron chi connectivity index (χ1n) is 10.3. The van der Waals surface area contributed by atoms with E-state index >= 15 is 0 Å². The van der Waals surface area contributed by atoms with Crippen molar-refractivity contribution in [1.29, 1.82) is 0 Å². The van der Waals surface area contributed by atoms with Crippen LogP contribution in [-0.2, 0) is 10.3 Å². The van der Waals surface area contributed by atoms with Crippen molar-refractivity contribution >= 4 is 6.09 Å². The SMILES string of the molecule is C=CC[C@]1(c2ccc(F)cc2)CCN([C@@H](C)c2ccc(-c3ncc(C)o3)cc2)C(=O)O1. The van der Waals surface area contributed by atoms with Gasteiger partial charge in [0.2, 0.25) is 5.89 Å². The minimum absolute atomic E-state index is 0.164. The lowest BCUT2D eigenvalue weighted by atomic mass is 9.85.